The molecule has 2 amide bonds. The van der Waals surface area contributed by atoms with Crippen LogP contribution in [0.2, 0.25) is 0 Å². The third kappa shape index (κ3) is 3.96. The van der Waals surface area contributed by atoms with Crippen LogP contribution in [0.15, 0.2) is 41.3 Å². The van der Waals surface area contributed by atoms with Crippen LogP contribution < -0.4 is 14.2 Å². The van der Waals surface area contributed by atoms with Crippen molar-refractivity contribution in [2.75, 3.05) is 21.3 Å². The van der Waals surface area contributed by atoms with Crippen LogP contribution in [-0.2, 0) is 11.3 Å². The lowest BCUT2D eigenvalue weighted by molar-refractivity contribution is -0.123. The molecule has 1 aliphatic rings. The van der Waals surface area contributed by atoms with E-state index in [9.17, 15) is 14.0 Å². The average molecular weight is 403 g/mol. The second-order valence-electron chi connectivity index (χ2n) is 5.86. The van der Waals surface area contributed by atoms with E-state index < -0.39 is 17.0 Å². The Balaban J connectivity index is 1.89. The molecule has 0 spiro atoms. The van der Waals surface area contributed by atoms with E-state index in [-0.39, 0.29) is 11.4 Å². The fraction of sp³-hybridized carbons (Fsp3) is 0.200. The third-order valence-corrected chi connectivity index (χ3v) is 5.00. The van der Waals surface area contributed by atoms with Crippen molar-refractivity contribution in [3.05, 3.63) is 58.2 Å². The molecule has 1 heterocycles. The minimum atomic E-state index is -0.437. The standard InChI is InChI=1S/C20H18FNO5S/c1-25-15-8-13(9-16(26-2)18(15)27-3)10-17-19(23)22(20(24)28-17)11-12-5-4-6-14(21)7-12/h4-10H,11H2,1-3H3/b17-10+. The number of hydrogen-bond acceptors (Lipinski definition) is 6. The van der Waals surface area contributed by atoms with Crippen molar-refractivity contribution in [1.29, 1.82) is 0 Å². The Bertz CT molecular complexity index is 934. The molecule has 0 atom stereocenters. The summed E-state index contributed by atoms with van der Waals surface area (Å²) >= 11 is 0.829. The van der Waals surface area contributed by atoms with Gasteiger partial charge >= 0.3 is 0 Å². The summed E-state index contributed by atoms with van der Waals surface area (Å²) in [5.41, 5.74) is 1.15. The van der Waals surface area contributed by atoms with Gasteiger partial charge in [-0.15, -0.1) is 0 Å². The summed E-state index contributed by atoms with van der Waals surface area (Å²) in [5.74, 6) is 0.450. The predicted molar refractivity (Wildman–Crippen MR) is 104 cm³/mol. The Labute approximate surface area is 165 Å². The first-order valence-corrected chi connectivity index (χ1v) is 9.08. The smallest absolute Gasteiger partial charge is 0.293 e. The predicted octanol–water partition coefficient (Wildman–Crippen LogP) is 4.09. The van der Waals surface area contributed by atoms with Crippen molar-refractivity contribution >= 4 is 29.0 Å². The van der Waals surface area contributed by atoms with Gasteiger partial charge in [0.15, 0.2) is 11.5 Å². The van der Waals surface area contributed by atoms with Gasteiger partial charge in [-0.2, -0.15) is 0 Å². The van der Waals surface area contributed by atoms with Crippen LogP contribution in [0.3, 0.4) is 0 Å². The number of amides is 2. The number of imide groups is 1. The Kier molecular flexibility index (Phi) is 5.89. The topological polar surface area (TPSA) is 65.1 Å². The van der Waals surface area contributed by atoms with Crippen molar-refractivity contribution in [3.63, 3.8) is 0 Å². The van der Waals surface area contributed by atoms with E-state index in [1.807, 2.05) is 0 Å². The van der Waals surface area contributed by atoms with Gasteiger partial charge in [0.2, 0.25) is 5.75 Å². The Hall–Kier alpha value is -3.00. The lowest BCUT2D eigenvalue weighted by Gasteiger charge is -2.13. The van der Waals surface area contributed by atoms with Gasteiger partial charge in [0.05, 0.1) is 32.8 Å². The molecule has 1 aliphatic heterocycles. The molecule has 0 saturated carbocycles. The Morgan fingerprint density at radius 3 is 2.29 bits per heavy atom. The highest BCUT2D eigenvalue weighted by Gasteiger charge is 2.35. The SMILES string of the molecule is COc1cc(/C=C2/SC(=O)N(Cc3cccc(F)c3)C2=O)cc(OC)c1OC. The highest BCUT2D eigenvalue weighted by molar-refractivity contribution is 8.18. The lowest BCUT2D eigenvalue weighted by Crippen LogP contribution is -2.27. The molecule has 0 radical (unpaired) electrons. The van der Waals surface area contributed by atoms with E-state index >= 15 is 0 Å². The van der Waals surface area contributed by atoms with Crippen molar-refractivity contribution < 1.29 is 28.2 Å². The maximum absolute atomic E-state index is 13.4. The number of rotatable bonds is 6. The molecule has 146 valence electrons. The molecule has 2 aromatic rings. The van der Waals surface area contributed by atoms with Crippen molar-refractivity contribution in [3.8, 4) is 17.2 Å². The van der Waals surface area contributed by atoms with Crippen molar-refractivity contribution in [2.45, 2.75) is 6.54 Å². The summed E-state index contributed by atoms with van der Waals surface area (Å²) in [5, 5.41) is -0.409. The molecule has 0 aromatic heterocycles. The lowest BCUT2D eigenvalue weighted by atomic mass is 10.1. The van der Waals surface area contributed by atoms with Gasteiger partial charge < -0.3 is 14.2 Å². The number of hydrogen-bond donors (Lipinski definition) is 0. The first-order chi connectivity index (χ1) is 13.5. The molecule has 0 unspecified atom stereocenters. The molecule has 8 heteroatoms. The molecule has 28 heavy (non-hydrogen) atoms. The molecule has 6 nitrogen and oxygen atoms in total. The fourth-order valence-electron chi connectivity index (χ4n) is 2.79. The van der Waals surface area contributed by atoms with Crippen molar-refractivity contribution in [2.24, 2.45) is 0 Å². The number of carbonyl (C=O) groups excluding carboxylic acids is 2. The van der Waals surface area contributed by atoms with Gasteiger partial charge in [-0.3, -0.25) is 14.5 Å². The van der Waals surface area contributed by atoms with Crippen LogP contribution in [0.1, 0.15) is 11.1 Å². The molecule has 0 aliphatic carbocycles. The second kappa shape index (κ2) is 8.35. The fourth-order valence-corrected chi connectivity index (χ4v) is 3.63. The molecular formula is C20H18FNO5S. The quantitative estimate of drug-likeness (QED) is 0.677. The van der Waals surface area contributed by atoms with Crippen LogP contribution in [0.5, 0.6) is 17.2 Å². The highest BCUT2D eigenvalue weighted by atomic mass is 32.2. The van der Waals surface area contributed by atoms with Crippen LogP contribution in [-0.4, -0.2) is 37.4 Å². The van der Waals surface area contributed by atoms with Gasteiger partial charge in [0.1, 0.15) is 5.82 Å². The molecule has 1 saturated heterocycles. The Morgan fingerprint density at radius 1 is 1.04 bits per heavy atom. The van der Waals surface area contributed by atoms with E-state index in [1.54, 1.807) is 24.3 Å². The number of methoxy groups -OCH3 is 3. The molecule has 1 fully saturated rings. The minimum absolute atomic E-state index is 0.00895. The number of halogens is 1. The molecule has 0 bridgehead atoms. The summed E-state index contributed by atoms with van der Waals surface area (Å²) in [7, 11) is 4.49. The monoisotopic (exact) mass is 403 g/mol. The molecular weight excluding hydrogens is 385 g/mol. The maximum Gasteiger partial charge on any atom is 0.293 e. The summed E-state index contributed by atoms with van der Waals surface area (Å²) in [6.45, 7) is 0.00895. The van der Waals surface area contributed by atoms with Gasteiger partial charge in [-0.05, 0) is 53.2 Å². The van der Waals surface area contributed by atoms with Crippen LogP contribution in [0, 0.1) is 5.82 Å². The zero-order valence-electron chi connectivity index (χ0n) is 15.5. The molecule has 3 rings (SSSR count). The van der Waals surface area contributed by atoms with Crippen molar-refractivity contribution in [1.82, 2.24) is 4.90 Å². The number of nitrogens with zero attached hydrogens (tertiary/aromatic N) is 1. The Morgan fingerprint density at radius 2 is 1.71 bits per heavy atom. The largest absolute Gasteiger partial charge is 0.493 e. The molecule has 2 aromatic carbocycles. The third-order valence-electron chi connectivity index (χ3n) is 4.09. The van der Waals surface area contributed by atoms with E-state index in [0.29, 0.717) is 28.4 Å². The van der Waals surface area contributed by atoms with Gasteiger partial charge in [-0.25, -0.2) is 4.39 Å². The normalized spacial score (nSPS) is 15.3. The number of ether oxygens (including phenoxy) is 3. The first-order valence-electron chi connectivity index (χ1n) is 8.26. The number of carbonyl (C=O) groups is 2. The van der Waals surface area contributed by atoms with Crippen LogP contribution in [0.4, 0.5) is 9.18 Å². The minimum Gasteiger partial charge on any atom is -0.493 e. The zero-order chi connectivity index (χ0) is 20.3. The van der Waals surface area contributed by atoms with Gasteiger partial charge in [0.25, 0.3) is 11.1 Å². The van der Waals surface area contributed by atoms with Gasteiger partial charge in [-0.1, -0.05) is 12.1 Å². The van der Waals surface area contributed by atoms with E-state index in [1.165, 1.54) is 39.5 Å². The summed E-state index contributed by atoms with van der Waals surface area (Å²) in [6, 6.07) is 9.17. The zero-order valence-corrected chi connectivity index (χ0v) is 16.3. The average Bonchev–Trinajstić information content (AvgIpc) is 2.94. The first kappa shape index (κ1) is 19.8. The summed E-state index contributed by atoms with van der Waals surface area (Å²) < 4.78 is 29.3. The summed E-state index contributed by atoms with van der Waals surface area (Å²) in [6.07, 6.45) is 1.58. The van der Waals surface area contributed by atoms with Gasteiger partial charge in [0, 0.05) is 0 Å². The number of thioether (sulfide) groups is 1. The second-order valence-corrected chi connectivity index (χ2v) is 6.85. The molecule has 0 N–H and O–H groups in total. The van der Waals surface area contributed by atoms with E-state index in [2.05, 4.69) is 0 Å². The summed E-state index contributed by atoms with van der Waals surface area (Å²) in [4.78, 5) is 26.3. The maximum atomic E-state index is 13.4. The van der Waals surface area contributed by atoms with Crippen LogP contribution >= 0.6 is 11.8 Å². The van der Waals surface area contributed by atoms with E-state index in [0.717, 1.165) is 16.7 Å². The van der Waals surface area contributed by atoms with Crippen LogP contribution in [0.25, 0.3) is 6.08 Å². The number of benzene rings is 2. The highest BCUT2D eigenvalue weighted by Crippen LogP contribution is 2.40. The van der Waals surface area contributed by atoms with E-state index in [4.69, 9.17) is 14.2 Å².